The maximum atomic E-state index is 6.63. The number of tetrazole rings is 1. The van der Waals surface area contributed by atoms with E-state index in [1.807, 2.05) is 35.1 Å². The van der Waals surface area contributed by atoms with Crippen LogP contribution in [0.25, 0.3) is 5.70 Å². The van der Waals surface area contributed by atoms with Crippen LogP contribution in [0.2, 0.25) is 0 Å². The minimum atomic E-state index is -0.295. The summed E-state index contributed by atoms with van der Waals surface area (Å²) in [6, 6.07) is 20.5. The van der Waals surface area contributed by atoms with Gasteiger partial charge in [0.15, 0.2) is 0 Å². The fourth-order valence-electron chi connectivity index (χ4n) is 4.53. The van der Waals surface area contributed by atoms with Gasteiger partial charge >= 0.3 is 0 Å². The Morgan fingerprint density at radius 1 is 0.969 bits per heavy atom. The first-order chi connectivity index (χ1) is 15.7. The average Bonchev–Trinajstić information content (AvgIpc) is 3.31. The number of rotatable bonds is 3. The van der Waals surface area contributed by atoms with Gasteiger partial charge in [-0.25, -0.2) is 0 Å². The minimum Gasteiger partial charge on any atom is -0.480 e. The average molecular weight is 422 g/mol. The van der Waals surface area contributed by atoms with Crippen molar-refractivity contribution in [3.63, 3.8) is 0 Å². The summed E-state index contributed by atoms with van der Waals surface area (Å²) in [4.78, 5) is 4.36. The molecule has 2 aliphatic heterocycles. The zero-order valence-corrected chi connectivity index (χ0v) is 17.8. The van der Waals surface area contributed by atoms with Gasteiger partial charge in [0.1, 0.15) is 17.9 Å². The van der Waals surface area contributed by atoms with E-state index >= 15 is 0 Å². The van der Waals surface area contributed by atoms with E-state index in [2.05, 4.69) is 76.1 Å². The number of aromatic nitrogens is 5. The summed E-state index contributed by atoms with van der Waals surface area (Å²) in [6.07, 6.45) is 3.34. The Balaban J connectivity index is 1.58. The van der Waals surface area contributed by atoms with E-state index in [9.17, 15) is 0 Å². The van der Waals surface area contributed by atoms with Gasteiger partial charge in [-0.3, -0.25) is 4.98 Å². The van der Waals surface area contributed by atoms with E-state index in [0.717, 1.165) is 33.7 Å². The number of hydrogen-bond acceptors (Lipinski definition) is 6. The molecule has 0 spiro atoms. The fraction of sp³-hybridized carbons (Fsp3) is 0.200. The third-order valence-electron chi connectivity index (χ3n) is 6.15. The summed E-state index contributed by atoms with van der Waals surface area (Å²) in [6.45, 7) is 4.40. The standard InChI is InChI=1S/C25H22N6O/c1-15(2)16-9-11-17(12-10-16)24-21-22(19-7-3-4-8-20(19)32-24)27-25-28-29-30-31(25)23(21)18-6-5-13-26-14-18/h3-15,23-24H,1-2H3,(H,27,28,30)/t23-,24+/m0/s1. The fourth-order valence-corrected chi connectivity index (χ4v) is 4.53. The number of pyridine rings is 1. The first kappa shape index (κ1) is 18.7. The predicted molar refractivity (Wildman–Crippen MR) is 121 cm³/mol. The van der Waals surface area contributed by atoms with Gasteiger partial charge in [0.05, 0.1) is 5.70 Å². The molecule has 0 saturated heterocycles. The van der Waals surface area contributed by atoms with E-state index in [-0.39, 0.29) is 12.1 Å². The second-order valence-electron chi connectivity index (χ2n) is 8.41. The molecule has 4 aromatic rings. The third-order valence-corrected chi connectivity index (χ3v) is 6.15. The van der Waals surface area contributed by atoms with Crippen molar-refractivity contribution in [2.45, 2.75) is 31.9 Å². The van der Waals surface area contributed by atoms with Gasteiger partial charge in [-0.2, -0.15) is 4.68 Å². The number of benzene rings is 2. The number of hydrogen-bond donors (Lipinski definition) is 1. The highest BCUT2D eigenvalue weighted by Gasteiger charge is 2.41. The zero-order valence-electron chi connectivity index (χ0n) is 17.8. The zero-order chi connectivity index (χ0) is 21.7. The Morgan fingerprint density at radius 2 is 1.81 bits per heavy atom. The first-order valence-corrected chi connectivity index (χ1v) is 10.8. The molecule has 32 heavy (non-hydrogen) atoms. The van der Waals surface area contributed by atoms with Gasteiger partial charge in [0, 0.05) is 23.5 Å². The van der Waals surface area contributed by atoms with Crippen molar-refractivity contribution in [3.05, 3.63) is 101 Å². The van der Waals surface area contributed by atoms with E-state index in [0.29, 0.717) is 11.9 Å². The Kier molecular flexibility index (Phi) is 4.28. The van der Waals surface area contributed by atoms with Crippen molar-refractivity contribution >= 4 is 11.6 Å². The number of anilines is 1. The molecule has 2 atom stereocenters. The van der Waals surface area contributed by atoms with Crippen LogP contribution in [0.5, 0.6) is 5.75 Å². The summed E-state index contributed by atoms with van der Waals surface area (Å²) in [5.74, 6) is 1.90. The lowest BCUT2D eigenvalue weighted by Crippen LogP contribution is -2.32. The molecule has 0 bridgehead atoms. The molecule has 1 N–H and O–H groups in total. The van der Waals surface area contributed by atoms with E-state index < -0.39 is 0 Å². The van der Waals surface area contributed by atoms with Crippen molar-refractivity contribution in [2.75, 3.05) is 5.32 Å². The van der Waals surface area contributed by atoms with E-state index in [4.69, 9.17) is 4.74 Å². The maximum Gasteiger partial charge on any atom is 0.248 e. The number of ether oxygens (including phenoxy) is 1. The van der Waals surface area contributed by atoms with Gasteiger partial charge < -0.3 is 10.1 Å². The molecule has 0 radical (unpaired) electrons. The lowest BCUT2D eigenvalue weighted by molar-refractivity contribution is 0.222. The highest BCUT2D eigenvalue weighted by atomic mass is 16.5. The van der Waals surface area contributed by atoms with Crippen molar-refractivity contribution in [2.24, 2.45) is 0 Å². The number of nitrogens with zero attached hydrogens (tertiary/aromatic N) is 5. The molecule has 2 aromatic carbocycles. The van der Waals surface area contributed by atoms with Crippen molar-refractivity contribution in [1.82, 2.24) is 25.2 Å². The molecule has 0 amide bonds. The van der Waals surface area contributed by atoms with Gasteiger partial charge in [0.2, 0.25) is 5.95 Å². The summed E-state index contributed by atoms with van der Waals surface area (Å²) >= 11 is 0. The second-order valence-corrected chi connectivity index (χ2v) is 8.41. The molecule has 6 rings (SSSR count). The SMILES string of the molecule is CC(C)c1ccc([C@H]2Oc3ccccc3C3=C2[C@H](c2cccnc2)n2nnnc2N3)cc1. The van der Waals surface area contributed by atoms with Crippen molar-refractivity contribution in [1.29, 1.82) is 0 Å². The normalized spacial score (nSPS) is 19.0. The van der Waals surface area contributed by atoms with Gasteiger partial charge in [0.25, 0.3) is 0 Å². The molecule has 2 aromatic heterocycles. The highest BCUT2D eigenvalue weighted by molar-refractivity contribution is 5.85. The topological polar surface area (TPSA) is 77.8 Å². The Labute approximate surface area is 185 Å². The Morgan fingerprint density at radius 3 is 2.59 bits per heavy atom. The number of fused-ring (bicyclic) bond motifs is 3. The van der Waals surface area contributed by atoms with Crippen molar-refractivity contribution in [3.8, 4) is 5.75 Å². The molecule has 7 nitrogen and oxygen atoms in total. The van der Waals surface area contributed by atoms with Gasteiger partial charge in [-0.05, 0) is 51.2 Å². The summed E-state index contributed by atoms with van der Waals surface area (Å²) in [5.41, 5.74) is 6.44. The van der Waals surface area contributed by atoms with Crippen LogP contribution in [0.15, 0.2) is 78.6 Å². The lowest BCUT2D eigenvalue weighted by Gasteiger charge is -2.38. The number of para-hydroxylation sites is 1. The van der Waals surface area contributed by atoms with Gasteiger partial charge in [-0.1, -0.05) is 61.4 Å². The quantitative estimate of drug-likeness (QED) is 0.513. The summed E-state index contributed by atoms with van der Waals surface area (Å²) in [5, 5.41) is 15.9. The predicted octanol–water partition coefficient (Wildman–Crippen LogP) is 4.75. The first-order valence-electron chi connectivity index (χ1n) is 10.8. The van der Waals surface area contributed by atoms with Crippen LogP contribution in [0, 0.1) is 0 Å². The van der Waals surface area contributed by atoms with E-state index in [1.165, 1.54) is 5.56 Å². The highest BCUT2D eigenvalue weighted by Crippen LogP contribution is 2.50. The van der Waals surface area contributed by atoms with Crippen LogP contribution in [-0.4, -0.2) is 25.2 Å². The van der Waals surface area contributed by atoms with E-state index in [1.54, 1.807) is 6.20 Å². The number of nitrogens with one attached hydrogen (secondary N) is 1. The van der Waals surface area contributed by atoms with Crippen LogP contribution in [0.4, 0.5) is 5.95 Å². The Hall–Kier alpha value is -4.00. The van der Waals surface area contributed by atoms with Crippen LogP contribution in [0.3, 0.4) is 0 Å². The molecule has 0 fully saturated rings. The van der Waals surface area contributed by atoms with Crippen LogP contribution in [0.1, 0.15) is 54.2 Å². The monoisotopic (exact) mass is 422 g/mol. The molecule has 0 unspecified atom stereocenters. The molecule has 0 aliphatic carbocycles. The molecular weight excluding hydrogens is 400 g/mol. The van der Waals surface area contributed by atoms with Crippen LogP contribution >= 0.6 is 0 Å². The smallest absolute Gasteiger partial charge is 0.248 e. The largest absolute Gasteiger partial charge is 0.480 e. The molecule has 158 valence electrons. The maximum absolute atomic E-state index is 6.63. The molecule has 0 saturated carbocycles. The lowest BCUT2D eigenvalue weighted by atomic mass is 9.84. The second kappa shape index (κ2) is 7.30. The van der Waals surface area contributed by atoms with Crippen LogP contribution in [-0.2, 0) is 0 Å². The van der Waals surface area contributed by atoms with Crippen molar-refractivity contribution < 1.29 is 4.74 Å². The summed E-state index contributed by atoms with van der Waals surface area (Å²) in [7, 11) is 0. The third kappa shape index (κ3) is 2.89. The minimum absolute atomic E-state index is 0.243. The molecule has 2 aliphatic rings. The molecule has 7 heteroatoms. The Bertz CT molecular complexity index is 1310. The molecular formula is C25H22N6O. The summed E-state index contributed by atoms with van der Waals surface area (Å²) < 4.78 is 8.44. The molecule has 4 heterocycles. The van der Waals surface area contributed by atoms with Gasteiger partial charge in [-0.15, -0.1) is 0 Å². The van der Waals surface area contributed by atoms with Crippen LogP contribution < -0.4 is 10.1 Å².